The maximum atomic E-state index is 14.1. The number of phenols is 1. The molecule has 0 aliphatic heterocycles. The molecule has 0 atom stereocenters. The number of nitrogens with zero attached hydrogens (tertiary/aromatic N) is 2. The van der Waals surface area contributed by atoms with Gasteiger partial charge in [-0.25, -0.2) is 9.18 Å². The van der Waals surface area contributed by atoms with Gasteiger partial charge in [-0.3, -0.25) is 0 Å². The Hall–Kier alpha value is -3.64. The number of rotatable bonds is 3. The Morgan fingerprint density at radius 3 is 2.54 bits per heavy atom. The fourth-order valence-electron chi connectivity index (χ4n) is 2.12. The lowest BCUT2D eigenvalue weighted by Crippen LogP contribution is -2.02. The standard InChI is InChI=1S/C18H11FN2O3/c1-24-18(23)13-5-6-16(19)15(8-13)14-4-2-3-12(17(14)22)7-11(9-20)10-21/h2-8,22H,1H3. The molecule has 0 amide bonds. The van der Waals surface area contributed by atoms with E-state index in [1.54, 1.807) is 12.1 Å². The number of halogens is 1. The molecule has 5 nitrogen and oxygen atoms in total. The zero-order valence-electron chi connectivity index (χ0n) is 12.6. The van der Waals surface area contributed by atoms with Gasteiger partial charge in [-0.1, -0.05) is 18.2 Å². The molecule has 0 heterocycles. The Balaban J connectivity index is 2.63. The number of nitriles is 2. The van der Waals surface area contributed by atoms with Crippen LogP contribution in [0.4, 0.5) is 4.39 Å². The van der Waals surface area contributed by atoms with Crippen molar-refractivity contribution >= 4 is 12.0 Å². The Morgan fingerprint density at radius 1 is 1.21 bits per heavy atom. The third-order valence-electron chi connectivity index (χ3n) is 3.29. The number of benzene rings is 2. The van der Waals surface area contributed by atoms with E-state index in [-0.39, 0.29) is 33.6 Å². The summed E-state index contributed by atoms with van der Waals surface area (Å²) in [4.78, 5) is 11.6. The summed E-state index contributed by atoms with van der Waals surface area (Å²) in [5, 5.41) is 27.9. The summed E-state index contributed by atoms with van der Waals surface area (Å²) in [6.07, 6.45) is 1.20. The maximum absolute atomic E-state index is 14.1. The van der Waals surface area contributed by atoms with Gasteiger partial charge in [0, 0.05) is 16.7 Å². The van der Waals surface area contributed by atoms with Crippen LogP contribution in [0.3, 0.4) is 0 Å². The minimum Gasteiger partial charge on any atom is -0.507 e. The summed E-state index contributed by atoms with van der Waals surface area (Å²) in [6.45, 7) is 0. The van der Waals surface area contributed by atoms with Crippen molar-refractivity contribution < 1.29 is 19.0 Å². The SMILES string of the molecule is COC(=O)c1ccc(F)c(-c2cccc(C=C(C#N)C#N)c2O)c1. The first-order valence-electron chi connectivity index (χ1n) is 6.74. The van der Waals surface area contributed by atoms with Crippen molar-refractivity contribution in [2.45, 2.75) is 0 Å². The maximum Gasteiger partial charge on any atom is 0.337 e. The summed E-state index contributed by atoms with van der Waals surface area (Å²) in [7, 11) is 1.21. The minimum atomic E-state index is -0.639. The molecule has 0 saturated heterocycles. The Labute approximate surface area is 137 Å². The van der Waals surface area contributed by atoms with Gasteiger partial charge in [0.2, 0.25) is 0 Å². The zero-order valence-corrected chi connectivity index (χ0v) is 12.6. The Kier molecular flexibility index (Phi) is 4.93. The average molecular weight is 322 g/mol. The van der Waals surface area contributed by atoms with Crippen LogP contribution in [-0.2, 0) is 4.74 Å². The molecule has 0 bridgehead atoms. The fraction of sp³-hybridized carbons (Fsp3) is 0.0556. The molecule has 2 rings (SSSR count). The van der Waals surface area contributed by atoms with E-state index in [2.05, 4.69) is 4.74 Å². The van der Waals surface area contributed by atoms with E-state index in [0.717, 1.165) is 6.07 Å². The van der Waals surface area contributed by atoms with Crippen LogP contribution in [0, 0.1) is 28.5 Å². The first-order chi connectivity index (χ1) is 11.5. The minimum absolute atomic E-state index is 0.00103. The van der Waals surface area contributed by atoms with Gasteiger partial charge in [0.15, 0.2) is 0 Å². The molecule has 0 radical (unpaired) electrons. The molecular formula is C18H11FN2O3. The highest BCUT2D eigenvalue weighted by molar-refractivity contribution is 5.91. The van der Waals surface area contributed by atoms with Gasteiger partial charge >= 0.3 is 5.97 Å². The molecular weight excluding hydrogens is 311 g/mol. The van der Waals surface area contributed by atoms with Crippen LogP contribution in [0.2, 0.25) is 0 Å². The molecule has 0 saturated carbocycles. The average Bonchev–Trinajstić information content (AvgIpc) is 2.61. The number of phenolic OH excluding ortho intramolecular Hbond substituents is 1. The molecule has 0 aliphatic carbocycles. The lowest BCUT2D eigenvalue weighted by Gasteiger charge is -2.10. The van der Waals surface area contributed by atoms with Crippen LogP contribution >= 0.6 is 0 Å². The van der Waals surface area contributed by atoms with Crippen molar-refractivity contribution in [3.05, 3.63) is 58.9 Å². The number of aromatic hydroxyl groups is 1. The van der Waals surface area contributed by atoms with Gasteiger partial charge in [-0.05, 0) is 24.3 Å². The van der Waals surface area contributed by atoms with Crippen molar-refractivity contribution in [3.8, 4) is 29.0 Å². The molecule has 2 aromatic carbocycles. The van der Waals surface area contributed by atoms with E-state index in [4.69, 9.17) is 10.5 Å². The molecule has 2 aromatic rings. The number of allylic oxidation sites excluding steroid dienone is 1. The van der Waals surface area contributed by atoms with Crippen molar-refractivity contribution in [1.82, 2.24) is 0 Å². The molecule has 0 unspecified atom stereocenters. The number of hydrogen-bond donors (Lipinski definition) is 1. The summed E-state index contributed by atoms with van der Waals surface area (Å²) >= 11 is 0. The highest BCUT2D eigenvalue weighted by atomic mass is 19.1. The van der Waals surface area contributed by atoms with Crippen LogP contribution in [-0.4, -0.2) is 18.2 Å². The second kappa shape index (κ2) is 7.08. The summed E-state index contributed by atoms with van der Waals surface area (Å²) < 4.78 is 18.7. The molecule has 1 N–H and O–H groups in total. The van der Waals surface area contributed by atoms with E-state index in [1.807, 2.05) is 0 Å². The lowest BCUT2D eigenvalue weighted by atomic mass is 9.98. The predicted molar refractivity (Wildman–Crippen MR) is 84.0 cm³/mol. The lowest BCUT2D eigenvalue weighted by molar-refractivity contribution is 0.0600. The number of methoxy groups -OCH3 is 1. The third kappa shape index (κ3) is 3.23. The van der Waals surface area contributed by atoms with Gasteiger partial charge in [0.25, 0.3) is 0 Å². The van der Waals surface area contributed by atoms with Gasteiger partial charge in [-0.15, -0.1) is 0 Å². The Morgan fingerprint density at radius 2 is 1.92 bits per heavy atom. The zero-order chi connectivity index (χ0) is 17.7. The summed E-state index contributed by atoms with van der Waals surface area (Å²) in [5.74, 6) is -1.58. The normalized spacial score (nSPS) is 9.50. The number of carbonyl (C=O) groups excluding carboxylic acids is 1. The first kappa shape index (κ1) is 16.7. The van der Waals surface area contributed by atoms with Gasteiger partial charge in [-0.2, -0.15) is 10.5 Å². The number of ether oxygens (including phenoxy) is 1. The van der Waals surface area contributed by atoms with Crippen molar-refractivity contribution in [3.63, 3.8) is 0 Å². The van der Waals surface area contributed by atoms with E-state index in [9.17, 15) is 14.3 Å². The van der Waals surface area contributed by atoms with Crippen LogP contribution in [0.1, 0.15) is 15.9 Å². The summed E-state index contributed by atoms with van der Waals surface area (Å²) in [6, 6.07) is 11.5. The molecule has 118 valence electrons. The van der Waals surface area contributed by atoms with Crippen LogP contribution in [0.15, 0.2) is 42.0 Å². The third-order valence-corrected chi connectivity index (χ3v) is 3.29. The van der Waals surface area contributed by atoms with Crippen molar-refractivity contribution in [1.29, 1.82) is 10.5 Å². The number of para-hydroxylation sites is 1. The summed E-state index contributed by atoms with van der Waals surface area (Å²) in [5.41, 5.74) is 0.243. The quantitative estimate of drug-likeness (QED) is 0.690. The number of esters is 1. The first-order valence-corrected chi connectivity index (χ1v) is 6.74. The van der Waals surface area contributed by atoms with Crippen LogP contribution in [0.5, 0.6) is 5.75 Å². The molecule has 0 spiro atoms. The van der Waals surface area contributed by atoms with Crippen molar-refractivity contribution in [2.24, 2.45) is 0 Å². The van der Waals surface area contributed by atoms with Gasteiger partial charge < -0.3 is 9.84 Å². The van der Waals surface area contributed by atoms with Crippen molar-refractivity contribution in [2.75, 3.05) is 7.11 Å². The molecule has 24 heavy (non-hydrogen) atoms. The fourth-order valence-corrected chi connectivity index (χ4v) is 2.12. The monoisotopic (exact) mass is 322 g/mol. The number of carbonyl (C=O) groups is 1. The van der Waals surface area contributed by atoms with E-state index >= 15 is 0 Å². The topological polar surface area (TPSA) is 94.1 Å². The molecule has 0 aliphatic rings. The largest absolute Gasteiger partial charge is 0.507 e. The second-order valence-electron chi connectivity index (χ2n) is 4.71. The smallest absolute Gasteiger partial charge is 0.337 e. The highest BCUT2D eigenvalue weighted by Gasteiger charge is 2.15. The molecule has 6 heteroatoms. The number of hydrogen-bond acceptors (Lipinski definition) is 5. The van der Waals surface area contributed by atoms with Gasteiger partial charge in [0.1, 0.15) is 29.3 Å². The van der Waals surface area contributed by atoms with Crippen LogP contribution < -0.4 is 0 Å². The second-order valence-corrected chi connectivity index (χ2v) is 4.71. The van der Waals surface area contributed by atoms with E-state index < -0.39 is 11.8 Å². The Bertz CT molecular complexity index is 905. The van der Waals surface area contributed by atoms with Crippen LogP contribution in [0.25, 0.3) is 17.2 Å². The molecule has 0 fully saturated rings. The van der Waals surface area contributed by atoms with Gasteiger partial charge in [0.05, 0.1) is 12.7 Å². The molecule has 0 aromatic heterocycles. The van der Waals surface area contributed by atoms with E-state index in [1.165, 1.54) is 43.5 Å². The highest BCUT2D eigenvalue weighted by Crippen LogP contribution is 2.35. The predicted octanol–water partition coefficient (Wildman–Crippen LogP) is 3.42. The van der Waals surface area contributed by atoms with E-state index in [0.29, 0.717) is 0 Å².